The zero-order valence-electron chi connectivity index (χ0n) is 12.0. The minimum atomic E-state index is 0.254. The third kappa shape index (κ3) is 3.66. The van der Waals surface area contributed by atoms with Gasteiger partial charge in [-0.25, -0.2) is 9.97 Å². The van der Waals surface area contributed by atoms with E-state index in [-0.39, 0.29) is 5.92 Å². The molecule has 0 aromatic carbocycles. The van der Waals surface area contributed by atoms with Crippen LogP contribution >= 0.6 is 11.6 Å². The summed E-state index contributed by atoms with van der Waals surface area (Å²) < 4.78 is 1.81. The van der Waals surface area contributed by atoms with Crippen molar-refractivity contribution in [2.24, 2.45) is 0 Å². The molecule has 2 rings (SSSR count). The lowest BCUT2D eigenvalue weighted by atomic mass is 10.2. The van der Waals surface area contributed by atoms with Gasteiger partial charge >= 0.3 is 0 Å². The lowest BCUT2D eigenvalue weighted by Gasteiger charge is -2.12. The Balaban J connectivity index is 1.94. The fraction of sp³-hybridized carbons (Fsp3) is 0.538. The van der Waals surface area contributed by atoms with Gasteiger partial charge in [-0.15, -0.1) is 5.10 Å². The van der Waals surface area contributed by atoms with Crippen molar-refractivity contribution >= 4 is 17.4 Å². The number of anilines is 1. The van der Waals surface area contributed by atoms with Crippen LogP contribution in [0.3, 0.4) is 0 Å². The number of rotatable bonds is 6. The van der Waals surface area contributed by atoms with Crippen LogP contribution < -0.4 is 5.32 Å². The Hall–Kier alpha value is -1.69. The Kier molecular flexibility index (Phi) is 4.89. The van der Waals surface area contributed by atoms with Gasteiger partial charge in [-0.2, -0.15) is 0 Å². The molecule has 20 heavy (non-hydrogen) atoms. The van der Waals surface area contributed by atoms with E-state index >= 15 is 0 Å². The van der Waals surface area contributed by atoms with E-state index < -0.39 is 0 Å². The summed E-state index contributed by atoms with van der Waals surface area (Å²) in [4.78, 5) is 8.82. The molecule has 108 valence electrons. The van der Waals surface area contributed by atoms with E-state index in [1.165, 1.54) is 0 Å². The second kappa shape index (κ2) is 6.65. The minimum absolute atomic E-state index is 0.254. The van der Waals surface area contributed by atoms with Crippen LogP contribution in [-0.2, 0) is 6.54 Å². The lowest BCUT2D eigenvalue weighted by Crippen LogP contribution is -2.11. The highest BCUT2D eigenvalue weighted by molar-refractivity contribution is 6.30. The van der Waals surface area contributed by atoms with Crippen LogP contribution in [0.1, 0.15) is 37.6 Å². The molecule has 0 aliphatic rings. The van der Waals surface area contributed by atoms with Crippen LogP contribution in [0.15, 0.2) is 12.4 Å². The summed E-state index contributed by atoms with van der Waals surface area (Å²) in [5.74, 6) is 1.83. The van der Waals surface area contributed by atoms with Gasteiger partial charge in [0.05, 0.1) is 6.20 Å². The third-order valence-corrected chi connectivity index (χ3v) is 3.32. The Morgan fingerprint density at radius 2 is 2.15 bits per heavy atom. The van der Waals surface area contributed by atoms with E-state index in [1.807, 2.05) is 13.1 Å². The standard InChI is InChI=1S/C13H19ClN6/c1-9(2)12-17-11(14)10(3)13(18-12)15-5-4-7-20-8-6-16-19-20/h6,8-9H,4-5,7H2,1-3H3,(H,15,17,18). The highest BCUT2D eigenvalue weighted by atomic mass is 35.5. The van der Waals surface area contributed by atoms with Gasteiger partial charge in [-0.1, -0.05) is 30.7 Å². The van der Waals surface area contributed by atoms with Gasteiger partial charge in [-0.05, 0) is 13.3 Å². The lowest BCUT2D eigenvalue weighted by molar-refractivity contribution is 0.569. The molecule has 0 spiro atoms. The van der Waals surface area contributed by atoms with E-state index in [0.717, 1.165) is 36.7 Å². The molecule has 0 saturated heterocycles. The van der Waals surface area contributed by atoms with Gasteiger partial charge < -0.3 is 5.32 Å². The minimum Gasteiger partial charge on any atom is -0.370 e. The summed E-state index contributed by atoms with van der Waals surface area (Å²) >= 11 is 6.14. The predicted molar refractivity (Wildman–Crippen MR) is 79.0 cm³/mol. The molecule has 0 radical (unpaired) electrons. The monoisotopic (exact) mass is 294 g/mol. The van der Waals surface area contributed by atoms with Crippen LogP contribution in [0.5, 0.6) is 0 Å². The van der Waals surface area contributed by atoms with Crippen molar-refractivity contribution in [3.63, 3.8) is 0 Å². The number of hydrogen-bond acceptors (Lipinski definition) is 5. The Morgan fingerprint density at radius 1 is 1.35 bits per heavy atom. The third-order valence-electron chi connectivity index (χ3n) is 2.95. The molecule has 0 amide bonds. The fourth-order valence-electron chi connectivity index (χ4n) is 1.74. The average Bonchev–Trinajstić information content (AvgIpc) is 2.92. The molecule has 0 atom stereocenters. The first-order chi connectivity index (χ1) is 9.58. The van der Waals surface area contributed by atoms with E-state index in [2.05, 4.69) is 39.4 Å². The molecule has 1 N–H and O–H groups in total. The van der Waals surface area contributed by atoms with Gasteiger partial charge in [0.25, 0.3) is 0 Å². The first kappa shape index (κ1) is 14.7. The van der Waals surface area contributed by atoms with E-state index in [1.54, 1.807) is 10.9 Å². The van der Waals surface area contributed by atoms with Gasteiger partial charge in [0.2, 0.25) is 0 Å². The van der Waals surface area contributed by atoms with Gasteiger partial charge in [0.15, 0.2) is 0 Å². The maximum Gasteiger partial charge on any atom is 0.137 e. The van der Waals surface area contributed by atoms with Crippen LogP contribution in [0.25, 0.3) is 0 Å². The maximum atomic E-state index is 6.14. The molecule has 0 unspecified atom stereocenters. The van der Waals surface area contributed by atoms with Crippen LogP contribution in [0, 0.1) is 6.92 Å². The number of halogens is 1. The topological polar surface area (TPSA) is 68.5 Å². The van der Waals surface area contributed by atoms with Crippen molar-refractivity contribution in [1.82, 2.24) is 25.0 Å². The first-order valence-electron chi connectivity index (χ1n) is 6.70. The average molecular weight is 295 g/mol. The van der Waals surface area contributed by atoms with Crippen molar-refractivity contribution in [2.45, 2.75) is 39.7 Å². The molecule has 2 heterocycles. The second-order valence-electron chi connectivity index (χ2n) is 4.95. The van der Waals surface area contributed by atoms with Gasteiger partial charge in [0.1, 0.15) is 16.8 Å². The van der Waals surface area contributed by atoms with Gasteiger partial charge in [0, 0.05) is 30.8 Å². The molecule has 0 saturated carbocycles. The SMILES string of the molecule is Cc1c(Cl)nc(C(C)C)nc1NCCCn1ccnn1. The van der Waals surface area contributed by atoms with Crippen LogP contribution in [0.2, 0.25) is 5.15 Å². The normalized spacial score (nSPS) is 11.1. The molecule has 2 aromatic rings. The summed E-state index contributed by atoms with van der Waals surface area (Å²) in [6.45, 7) is 7.64. The molecule has 0 aliphatic carbocycles. The number of hydrogen-bond donors (Lipinski definition) is 1. The number of nitrogens with zero attached hydrogens (tertiary/aromatic N) is 5. The van der Waals surface area contributed by atoms with Crippen LogP contribution in [-0.4, -0.2) is 31.5 Å². The summed E-state index contributed by atoms with van der Waals surface area (Å²) in [7, 11) is 0. The summed E-state index contributed by atoms with van der Waals surface area (Å²) in [5.41, 5.74) is 0.886. The molecule has 0 fully saturated rings. The molecule has 0 bridgehead atoms. The Labute approximate surface area is 123 Å². The number of nitrogens with one attached hydrogen (secondary N) is 1. The summed E-state index contributed by atoms with van der Waals surface area (Å²) in [6, 6.07) is 0. The van der Waals surface area contributed by atoms with Crippen molar-refractivity contribution in [3.05, 3.63) is 28.9 Å². The summed E-state index contributed by atoms with van der Waals surface area (Å²) in [5, 5.41) is 11.5. The van der Waals surface area contributed by atoms with Crippen molar-refractivity contribution in [1.29, 1.82) is 0 Å². The maximum absolute atomic E-state index is 6.14. The van der Waals surface area contributed by atoms with Crippen LogP contribution in [0.4, 0.5) is 5.82 Å². The largest absolute Gasteiger partial charge is 0.370 e. The Bertz CT molecular complexity index is 552. The van der Waals surface area contributed by atoms with E-state index in [9.17, 15) is 0 Å². The molecule has 7 heteroatoms. The number of aromatic nitrogens is 5. The Morgan fingerprint density at radius 3 is 2.80 bits per heavy atom. The van der Waals surface area contributed by atoms with Crippen molar-refractivity contribution in [2.75, 3.05) is 11.9 Å². The zero-order chi connectivity index (χ0) is 14.5. The smallest absolute Gasteiger partial charge is 0.137 e. The highest BCUT2D eigenvalue weighted by Crippen LogP contribution is 2.22. The fourth-order valence-corrected chi connectivity index (χ4v) is 1.91. The molecule has 0 aliphatic heterocycles. The van der Waals surface area contributed by atoms with Gasteiger partial charge in [-0.3, -0.25) is 4.68 Å². The molecule has 6 nitrogen and oxygen atoms in total. The zero-order valence-corrected chi connectivity index (χ0v) is 12.7. The van der Waals surface area contributed by atoms with E-state index in [4.69, 9.17) is 11.6 Å². The highest BCUT2D eigenvalue weighted by Gasteiger charge is 2.11. The quantitative estimate of drug-likeness (QED) is 0.655. The van der Waals surface area contributed by atoms with Crippen molar-refractivity contribution in [3.8, 4) is 0 Å². The second-order valence-corrected chi connectivity index (χ2v) is 5.31. The molecular formula is C13H19ClN6. The summed E-state index contributed by atoms with van der Waals surface area (Å²) in [6.07, 6.45) is 4.46. The first-order valence-corrected chi connectivity index (χ1v) is 7.07. The number of aryl methyl sites for hydroxylation is 1. The van der Waals surface area contributed by atoms with E-state index in [0.29, 0.717) is 5.15 Å². The van der Waals surface area contributed by atoms with Crippen molar-refractivity contribution < 1.29 is 0 Å². The molecular weight excluding hydrogens is 276 g/mol. The molecule has 2 aromatic heterocycles. The predicted octanol–water partition coefficient (Wildman–Crippen LogP) is 2.66.